The highest BCUT2D eigenvalue weighted by atomic mass is 79.9. The van der Waals surface area contributed by atoms with Crippen LogP contribution in [0.4, 0.5) is 0 Å². The van der Waals surface area contributed by atoms with Crippen LogP contribution in [0.3, 0.4) is 0 Å². The first-order valence-corrected chi connectivity index (χ1v) is 20.0. The highest BCUT2D eigenvalue weighted by Crippen LogP contribution is 2.19. The summed E-state index contributed by atoms with van der Waals surface area (Å²) in [6, 6.07) is 0. The number of halogens is 1. The molecule has 0 N–H and O–H groups in total. The van der Waals surface area contributed by atoms with Crippen LogP contribution in [-0.4, -0.2) is 30.7 Å². The Morgan fingerprint density at radius 1 is 0.341 bits per heavy atom. The first-order valence-electron chi connectivity index (χ1n) is 19.2. The van der Waals surface area contributed by atoms with Gasteiger partial charge in [-0.15, -0.1) is 0 Å². The van der Waals surface area contributed by atoms with E-state index in [1.165, 1.54) is 217 Å². The summed E-state index contributed by atoms with van der Waals surface area (Å²) >= 11 is 3.43. The van der Waals surface area contributed by atoms with Crippen LogP contribution in [0.15, 0.2) is 0 Å². The summed E-state index contributed by atoms with van der Waals surface area (Å²) in [5.41, 5.74) is 0. The van der Waals surface area contributed by atoms with Gasteiger partial charge in [0, 0.05) is 15.9 Å². The summed E-state index contributed by atoms with van der Waals surface area (Å²) in [5, 5.41) is 0. The van der Waals surface area contributed by atoms with E-state index in [1.807, 2.05) is 0 Å². The van der Waals surface area contributed by atoms with E-state index in [0.29, 0.717) is 0 Å². The molecule has 0 radical (unpaired) electrons. The van der Waals surface area contributed by atoms with E-state index in [2.05, 4.69) is 47.5 Å². The molecule has 0 fully saturated rings. The predicted octanol–water partition coefficient (Wildman–Crippen LogP) is 13.9. The highest BCUT2D eigenvalue weighted by Gasteiger charge is 2.25. The Bertz CT molecular complexity index is 488. The van der Waals surface area contributed by atoms with Gasteiger partial charge in [-0.3, -0.25) is 0 Å². The zero-order valence-corrected chi connectivity index (χ0v) is 30.5. The number of quaternary nitrogens is 1. The molecule has 0 unspecified atom stereocenters. The maximum absolute atomic E-state index is 3.48. The van der Waals surface area contributed by atoms with Crippen LogP contribution in [0.25, 0.3) is 0 Å². The molecule has 0 aromatic carbocycles. The molecule has 0 aliphatic rings. The molecule has 2 heteroatoms. The molecule has 0 aromatic heterocycles. The zero-order valence-electron chi connectivity index (χ0n) is 28.9. The van der Waals surface area contributed by atoms with Crippen molar-refractivity contribution in [3.63, 3.8) is 0 Å². The largest absolute Gasteiger partial charge is 0.313 e. The Hall–Kier alpha value is 0. The van der Waals surface area contributed by atoms with Gasteiger partial charge in [0.1, 0.15) is 6.54 Å². The molecule has 0 bridgehead atoms. The van der Waals surface area contributed by atoms with Crippen molar-refractivity contribution in [1.29, 1.82) is 0 Å². The average molecular weight is 640 g/mol. The second kappa shape index (κ2) is 34.5. The fourth-order valence-electron chi connectivity index (χ4n) is 6.57. The van der Waals surface area contributed by atoms with Crippen LogP contribution in [-0.2, 0) is 0 Å². The van der Waals surface area contributed by atoms with Gasteiger partial charge in [0.25, 0.3) is 0 Å². The highest BCUT2D eigenvalue weighted by molar-refractivity contribution is 9.12. The molecule has 1 nitrogen and oxygen atoms in total. The summed E-state index contributed by atoms with van der Waals surface area (Å²) in [5.74, 6) is 3.48. The van der Waals surface area contributed by atoms with Crippen molar-refractivity contribution in [2.75, 3.05) is 26.2 Å². The Morgan fingerprint density at radius 2 is 0.561 bits per heavy atom. The molecule has 0 heterocycles. The topological polar surface area (TPSA) is 0 Å². The Morgan fingerprint density at radius 3 is 0.780 bits per heavy atom. The second-order valence-electron chi connectivity index (χ2n) is 13.5. The van der Waals surface area contributed by atoms with Crippen molar-refractivity contribution in [1.82, 2.24) is 0 Å². The number of hydrogen-bond acceptors (Lipinski definition) is 0. The van der Waals surface area contributed by atoms with Crippen LogP contribution in [0.1, 0.15) is 213 Å². The van der Waals surface area contributed by atoms with E-state index in [4.69, 9.17) is 0 Å². The van der Waals surface area contributed by atoms with Gasteiger partial charge in [-0.25, -0.2) is 0 Å². The molecular formula is C39H77BrN+. The summed E-state index contributed by atoms with van der Waals surface area (Å²) in [6.45, 7) is 12.1. The van der Waals surface area contributed by atoms with Gasteiger partial charge in [0.15, 0.2) is 0 Å². The van der Waals surface area contributed by atoms with Crippen LogP contribution in [0.5, 0.6) is 0 Å². The monoisotopic (exact) mass is 639 g/mol. The lowest BCUT2D eigenvalue weighted by Gasteiger charge is -2.38. The molecule has 0 atom stereocenters. The van der Waals surface area contributed by atoms with Crippen molar-refractivity contribution in [3.05, 3.63) is 0 Å². The van der Waals surface area contributed by atoms with Gasteiger partial charge in [-0.2, -0.15) is 0 Å². The lowest BCUT2D eigenvalue weighted by Crippen LogP contribution is -2.50. The van der Waals surface area contributed by atoms with Gasteiger partial charge in [0.05, 0.1) is 19.6 Å². The summed E-state index contributed by atoms with van der Waals surface area (Å²) in [7, 11) is 0. The normalized spacial score (nSPS) is 11.6. The van der Waals surface area contributed by atoms with Crippen molar-refractivity contribution >= 4 is 15.9 Å². The van der Waals surface area contributed by atoms with Gasteiger partial charge >= 0.3 is 0 Å². The molecule has 41 heavy (non-hydrogen) atoms. The number of nitrogens with zero attached hydrogens (tertiary/aromatic N) is 1. The first kappa shape index (κ1) is 41.0. The van der Waals surface area contributed by atoms with E-state index in [-0.39, 0.29) is 0 Å². The third-order valence-corrected chi connectivity index (χ3v) is 9.72. The predicted molar refractivity (Wildman–Crippen MR) is 192 cm³/mol. The van der Waals surface area contributed by atoms with Gasteiger partial charge in [-0.1, -0.05) is 175 Å². The molecule has 0 aromatic rings. The summed E-state index contributed by atoms with van der Waals surface area (Å²) in [4.78, 5) is 3.09. The minimum Gasteiger partial charge on any atom is -0.313 e. The fraction of sp³-hybridized carbons (Fsp3) is 0.949. The molecule has 0 spiro atoms. The van der Waals surface area contributed by atoms with Crippen molar-refractivity contribution in [2.45, 2.75) is 213 Å². The first-order chi connectivity index (χ1) is 20.2. The maximum Gasteiger partial charge on any atom is 0.141 e. The minimum atomic E-state index is 1.05. The molecule has 0 aliphatic carbocycles. The summed E-state index contributed by atoms with van der Waals surface area (Å²) in [6.07, 6.45) is 42.9. The standard InChI is InChI=1S/C39H77BrN/c1-4-7-10-13-16-19-22-25-28-31-36-41(39-34-35-40,37-32-29-26-23-20-17-14-11-8-5-2)38-33-30-27-24-21-18-15-12-9-6-3/h4-33,36-39H2,1-3H3/q+1. The van der Waals surface area contributed by atoms with Gasteiger partial charge < -0.3 is 4.48 Å². The van der Waals surface area contributed by atoms with E-state index in [1.54, 1.807) is 0 Å². The van der Waals surface area contributed by atoms with Crippen molar-refractivity contribution in [3.8, 4) is 10.8 Å². The van der Waals surface area contributed by atoms with Gasteiger partial charge in [0.2, 0.25) is 0 Å². The van der Waals surface area contributed by atoms with Crippen LogP contribution >= 0.6 is 15.9 Å². The Balaban J connectivity index is 4.50. The Kier molecular flexibility index (Phi) is 34.5. The second-order valence-corrected chi connectivity index (χ2v) is 13.9. The molecule has 0 saturated carbocycles. The van der Waals surface area contributed by atoms with Crippen molar-refractivity contribution in [2.24, 2.45) is 0 Å². The van der Waals surface area contributed by atoms with E-state index < -0.39 is 0 Å². The summed E-state index contributed by atoms with van der Waals surface area (Å²) < 4.78 is 1.27. The third kappa shape index (κ3) is 29.8. The van der Waals surface area contributed by atoms with E-state index in [0.717, 1.165) is 6.54 Å². The Labute approximate surface area is 269 Å². The molecule has 0 rings (SSSR count). The fourth-order valence-corrected chi connectivity index (χ4v) is 6.70. The average Bonchev–Trinajstić information content (AvgIpc) is 2.98. The quantitative estimate of drug-likeness (QED) is 0.0373. The van der Waals surface area contributed by atoms with E-state index >= 15 is 0 Å². The minimum absolute atomic E-state index is 1.05. The van der Waals surface area contributed by atoms with Crippen molar-refractivity contribution < 1.29 is 4.48 Å². The third-order valence-electron chi connectivity index (χ3n) is 9.44. The molecule has 0 saturated heterocycles. The number of rotatable bonds is 34. The lowest BCUT2D eigenvalue weighted by atomic mass is 10.0. The molecule has 0 amide bonds. The SMILES string of the molecule is CCCCCCCCCCCC[N+](CC#CBr)(CCCCCCCCCCCC)CCCCCCCCCCCC. The zero-order chi connectivity index (χ0) is 30.0. The smallest absolute Gasteiger partial charge is 0.141 e. The lowest BCUT2D eigenvalue weighted by molar-refractivity contribution is -0.922. The molecular weight excluding hydrogens is 562 g/mol. The van der Waals surface area contributed by atoms with Gasteiger partial charge in [-0.05, 0) is 49.3 Å². The maximum atomic E-state index is 3.48. The van der Waals surface area contributed by atoms with Crippen LogP contribution in [0.2, 0.25) is 0 Å². The molecule has 244 valence electrons. The van der Waals surface area contributed by atoms with E-state index in [9.17, 15) is 0 Å². The number of hydrogen-bond donors (Lipinski definition) is 0. The van der Waals surface area contributed by atoms with Crippen LogP contribution in [0, 0.1) is 10.8 Å². The molecule has 0 aliphatic heterocycles. The van der Waals surface area contributed by atoms with Crippen LogP contribution < -0.4 is 0 Å². The number of unbranched alkanes of at least 4 members (excludes halogenated alkanes) is 27.